The van der Waals surface area contributed by atoms with Crippen molar-refractivity contribution in [3.05, 3.63) is 53.7 Å². The topological polar surface area (TPSA) is 88.5 Å². The van der Waals surface area contributed by atoms with Crippen LogP contribution in [0.25, 0.3) is 11.3 Å². The van der Waals surface area contributed by atoms with E-state index in [1.54, 1.807) is 36.5 Å². The highest BCUT2D eigenvalue weighted by Gasteiger charge is 2.21. The van der Waals surface area contributed by atoms with E-state index in [2.05, 4.69) is 10.3 Å². The van der Waals surface area contributed by atoms with Crippen LogP contribution in [0.15, 0.2) is 42.6 Å². The van der Waals surface area contributed by atoms with Crippen LogP contribution in [0.5, 0.6) is 0 Å². The molecule has 1 amide bonds. The second-order valence-corrected chi connectivity index (χ2v) is 6.01. The number of amides is 1. The largest absolute Gasteiger partial charge is 0.478 e. The van der Waals surface area contributed by atoms with Gasteiger partial charge < -0.3 is 15.2 Å². The number of carboxylic acids is 1. The number of carbonyl (C=O) groups excluding carboxylic acids is 1. The number of aromatic carboxylic acids is 1. The number of ether oxygens (including phenoxy) is 1. The Morgan fingerprint density at radius 1 is 1.16 bits per heavy atom. The van der Waals surface area contributed by atoms with Gasteiger partial charge in [-0.15, -0.1) is 0 Å². The number of nitrogens with zero attached hydrogens (tertiary/aromatic N) is 1. The van der Waals surface area contributed by atoms with E-state index in [0.717, 1.165) is 18.4 Å². The van der Waals surface area contributed by atoms with Gasteiger partial charge in [-0.05, 0) is 30.5 Å². The summed E-state index contributed by atoms with van der Waals surface area (Å²) in [5.74, 6) is -0.919. The molecule has 3 rings (SSSR count). The lowest BCUT2D eigenvalue weighted by Gasteiger charge is -2.21. The molecule has 1 aromatic heterocycles. The van der Waals surface area contributed by atoms with E-state index < -0.39 is 5.97 Å². The molecule has 1 saturated heterocycles. The fraction of sp³-hybridized carbons (Fsp3) is 0.316. The van der Waals surface area contributed by atoms with Crippen molar-refractivity contribution in [2.24, 2.45) is 5.92 Å². The summed E-state index contributed by atoms with van der Waals surface area (Å²) in [5, 5.41) is 12.2. The number of carbonyl (C=O) groups is 2. The first kappa shape index (κ1) is 17.1. The van der Waals surface area contributed by atoms with E-state index in [-0.39, 0.29) is 17.4 Å². The van der Waals surface area contributed by atoms with Crippen molar-refractivity contribution >= 4 is 11.9 Å². The van der Waals surface area contributed by atoms with Gasteiger partial charge in [0.25, 0.3) is 0 Å². The summed E-state index contributed by atoms with van der Waals surface area (Å²) < 4.78 is 5.26. The molecule has 25 heavy (non-hydrogen) atoms. The van der Waals surface area contributed by atoms with Gasteiger partial charge in [-0.2, -0.15) is 0 Å². The van der Waals surface area contributed by atoms with Crippen molar-refractivity contribution < 1.29 is 19.4 Å². The van der Waals surface area contributed by atoms with Crippen LogP contribution in [0, 0.1) is 5.92 Å². The molecule has 6 nitrogen and oxygen atoms in total. The van der Waals surface area contributed by atoms with E-state index in [1.165, 1.54) is 0 Å². The van der Waals surface area contributed by atoms with Crippen LogP contribution in [0.3, 0.4) is 0 Å². The number of rotatable bonds is 5. The van der Waals surface area contributed by atoms with Gasteiger partial charge in [0.05, 0.1) is 11.3 Å². The normalized spacial score (nSPS) is 14.9. The van der Waals surface area contributed by atoms with Crippen LogP contribution in [-0.4, -0.2) is 35.2 Å². The molecule has 0 radical (unpaired) electrons. The molecule has 0 spiro atoms. The molecule has 2 N–H and O–H groups in total. The summed E-state index contributed by atoms with van der Waals surface area (Å²) >= 11 is 0. The first-order chi connectivity index (χ1) is 12.1. The predicted molar refractivity (Wildman–Crippen MR) is 92.0 cm³/mol. The van der Waals surface area contributed by atoms with Crippen molar-refractivity contribution in [3.63, 3.8) is 0 Å². The van der Waals surface area contributed by atoms with Crippen molar-refractivity contribution in [3.8, 4) is 11.3 Å². The van der Waals surface area contributed by atoms with Crippen LogP contribution in [0.2, 0.25) is 0 Å². The van der Waals surface area contributed by atoms with E-state index in [1.807, 2.05) is 6.07 Å². The van der Waals surface area contributed by atoms with Gasteiger partial charge in [0, 0.05) is 37.4 Å². The molecule has 0 saturated carbocycles. The highest BCUT2D eigenvalue weighted by molar-refractivity contribution is 5.95. The maximum absolute atomic E-state index is 12.1. The summed E-state index contributed by atoms with van der Waals surface area (Å²) in [6, 6.07) is 10.4. The molecule has 2 aromatic rings. The molecule has 2 heterocycles. The fourth-order valence-corrected chi connectivity index (χ4v) is 2.87. The minimum Gasteiger partial charge on any atom is -0.478 e. The molecular formula is C19H20N2O4. The van der Waals surface area contributed by atoms with Gasteiger partial charge in [0.1, 0.15) is 0 Å². The van der Waals surface area contributed by atoms with E-state index >= 15 is 0 Å². The van der Waals surface area contributed by atoms with E-state index in [4.69, 9.17) is 4.74 Å². The zero-order valence-corrected chi connectivity index (χ0v) is 13.8. The standard InChI is InChI=1S/C19H20N2O4/c22-18(14-7-9-25-10-8-14)21-12-13-5-6-17(20-11-13)15-3-1-2-4-16(15)19(23)24/h1-6,11,14H,7-10,12H2,(H,21,22)(H,23,24). The molecule has 0 atom stereocenters. The van der Waals surface area contributed by atoms with Crippen LogP contribution < -0.4 is 5.32 Å². The Morgan fingerprint density at radius 2 is 1.92 bits per heavy atom. The SMILES string of the molecule is O=C(O)c1ccccc1-c1ccc(CNC(=O)C2CCOCC2)cn1. The Kier molecular flexibility index (Phi) is 5.40. The number of hydrogen-bond donors (Lipinski definition) is 2. The number of pyridine rings is 1. The maximum Gasteiger partial charge on any atom is 0.336 e. The molecule has 1 aliphatic heterocycles. The number of benzene rings is 1. The van der Waals surface area contributed by atoms with Crippen LogP contribution in [0.4, 0.5) is 0 Å². The third-order valence-electron chi connectivity index (χ3n) is 4.32. The highest BCUT2D eigenvalue weighted by Crippen LogP contribution is 2.22. The highest BCUT2D eigenvalue weighted by atomic mass is 16.5. The van der Waals surface area contributed by atoms with Crippen LogP contribution in [0.1, 0.15) is 28.8 Å². The lowest BCUT2D eigenvalue weighted by atomic mass is 9.99. The molecule has 6 heteroatoms. The average molecular weight is 340 g/mol. The molecule has 0 bridgehead atoms. The third kappa shape index (κ3) is 4.22. The maximum atomic E-state index is 12.1. The van der Waals surface area contributed by atoms with Crippen molar-refractivity contribution in [2.45, 2.75) is 19.4 Å². The van der Waals surface area contributed by atoms with Gasteiger partial charge in [-0.1, -0.05) is 24.3 Å². The Balaban J connectivity index is 1.65. The monoisotopic (exact) mass is 340 g/mol. The lowest BCUT2D eigenvalue weighted by Crippen LogP contribution is -2.33. The van der Waals surface area contributed by atoms with Gasteiger partial charge in [0.15, 0.2) is 0 Å². The smallest absolute Gasteiger partial charge is 0.336 e. The average Bonchev–Trinajstić information content (AvgIpc) is 2.67. The van der Waals surface area contributed by atoms with Crippen LogP contribution in [-0.2, 0) is 16.1 Å². The van der Waals surface area contributed by atoms with Gasteiger partial charge in [0.2, 0.25) is 5.91 Å². The number of nitrogens with one attached hydrogen (secondary N) is 1. The number of carboxylic acid groups (broad SMARTS) is 1. The zero-order valence-electron chi connectivity index (χ0n) is 13.8. The summed E-state index contributed by atoms with van der Waals surface area (Å²) in [4.78, 5) is 27.8. The summed E-state index contributed by atoms with van der Waals surface area (Å²) in [7, 11) is 0. The summed E-state index contributed by atoms with van der Waals surface area (Å²) in [5.41, 5.74) is 2.26. The van der Waals surface area contributed by atoms with Gasteiger partial charge in [-0.25, -0.2) is 4.79 Å². The zero-order chi connectivity index (χ0) is 17.6. The summed E-state index contributed by atoms with van der Waals surface area (Å²) in [6.45, 7) is 1.68. The van der Waals surface area contributed by atoms with E-state index in [0.29, 0.717) is 31.0 Å². The van der Waals surface area contributed by atoms with E-state index in [9.17, 15) is 14.7 Å². The number of hydrogen-bond acceptors (Lipinski definition) is 4. The first-order valence-electron chi connectivity index (χ1n) is 8.28. The van der Waals surface area contributed by atoms with Gasteiger partial charge >= 0.3 is 5.97 Å². The molecule has 1 aromatic carbocycles. The lowest BCUT2D eigenvalue weighted by molar-refractivity contribution is -0.128. The molecule has 0 unspecified atom stereocenters. The predicted octanol–water partition coefficient (Wildman–Crippen LogP) is 2.49. The second-order valence-electron chi connectivity index (χ2n) is 6.01. The van der Waals surface area contributed by atoms with Crippen molar-refractivity contribution in [2.75, 3.05) is 13.2 Å². The summed E-state index contributed by atoms with van der Waals surface area (Å²) in [6.07, 6.45) is 3.18. The Bertz CT molecular complexity index is 752. The molecule has 1 fully saturated rings. The minimum atomic E-state index is -0.981. The molecule has 130 valence electrons. The van der Waals surface area contributed by atoms with Gasteiger partial charge in [-0.3, -0.25) is 9.78 Å². The second kappa shape index (κ2) is 7.90. The number of aromatic nitrogens is 1. The Labute approximate surface area is 145 Å². The minimum absolute atomic E-state index is 0.0171. The molecule has 0 aliphatic carbocycles. The fourth-order valence-electron chi connectivity index (χ4n) is 2.87. The van der Waals surface area contributed by atoms with Crippen molar-refractivity contribution in [1.29, 1.82) is 0 Å². The Morgan fingerprint density at radius 3 is 2.60 bits per heavy atom. The third-order valence-corrected chi connectivity index (χ3v) is 4.32. The van der Waals surface area contributed by atoms with Crippen LogP contribution >= 0.6 is 0 Å². The Hall–Kier alpha value is -2.73. The quantitative estimate of drug-likeness (QED) is 0.873. The molecule has 1 aliphatic rings. The van der Waals surface area contributed by atoms with Crippen molar-refractivity contribution in [1.82, 2.24) is 10.3 Å². The molecular weight excluding hydrogens is 320 g/mol. The first-order valence-corrected chi connectivity index (χ1v) is 8.28.